The van der Waals surface area contributed by atoms with Gasteiger partial charge in [-0.3, -0.25) is 4.79 Å². The van der Waals surface area contributed by atoms with Crippen molar-refractivity contribution in [2.75, 3.05) is 13.7 Å². The van der Waals surface area contributed by atoms with Crippen molar-refractivity contribution >= 4 is 5.91 Å². The van der Waals surface area contributed by atoms with Gasteiger partial charge in [0.1, 0.15) is 0 Å². The van der Waals surface area contributed by atoms with Crippen LogP contribution in [0.1, 0.15) is 30.1 Å². The Hall–Kier alpha value is -1.75. The molecule has 0 aromatic heterocycles. The maximum absolute atomic E-state index is 12.0. The highest BCUT2D eigenvalue weighted by atomic mass is 16.5. The smallest absolute Gasteiger partial charge is 0.251 e. The number of nitrogens with one attached hydrogen (secondary N) is 1. The van der Waals surface area contributed by atoms with Crippen LogP contribution in [0.25, 0.3) is 0 Å². The van der Waals surface area contributed by atoms with Crippen LogP contribution in [0.4, 0.5) is 0 Å². The van der Waals surface area contributed by atoms with Gasteiger partial charge in [-0.1, -0.05) is 0 Å². The van der Waals surface area contributed by atoms with Crippen molar-refractivity contribution in [3.05, 3.63) is 23.8 Å². The summed E-state index contributed by atoms with van der Waals surface area (Å²) < 4.78 is 10.4. The van der Waals surface area contributed by atoms with E-state index in [0.717, 1.165) is 12.8 Å². The van der Waals surface area contributed by atoms with Gasteiger partial charge in [0.15, 0.2) is 11.5 Å². The standard InChI is InChI=1S/C14H19NO4/c1-3-19-11-7-10(8-11)15-14(17)9-4-5-13(18-2)12(16)6-9/h4-6,10-11,16H,3,7-8H2,1-2H3,(H,15,17). The minimum absolute atomic E-state index is 0.0315. The van der Waals surface area contributed by atoms with Crippen LogP contribution in [0.3, 0.4) is 0 Å². The molecule has 19 heavy (non-hydrogen) atoms. The Kier molecular flexibility index (Phi) is 4.27. The predicted octanol–water partition coefficient (Wildman–Crippen LogP) is 1.70. The van der Waals surface area contributed by atoms with Gasteiger partial charge in [0.05, 0.1) is 13.2 Å². The molecule has 1 saturated carbocycles. The fourth-order valence-corrected chi connectivity index (χ4v) is 2.16. The number of carbonyl (C=O) groups excluding carboxylic acids is 1. The Morgan fingerprint density at radius 3 is 2.79 bits per heavy atom. The molecule has 2 N–H and O–H groups in total. The fourth-order valence-electron chi connectivity index (χ4n) is 2.16. The quantitative estimate of drug-likeness (QED) is 0.850. The lowest BCUT2D eigenvalue weighted by Crippen LogP contribution is -2.47. The number of carbonyl (C=O) groups is 1. The molecule has 0 spiro atoms. The van der Waals surface area contributed by atoms with Crippen LogP contribution >= 0.6 is 0 Å². The summed E-state index contributed by atoms with van der Waals surface area (Å²) in [6, 6.07) is 4.78. The molecular weight excluding hydrogens is 246 g/mol. The number of amides is 1. The number of rotatable bonds is 5. The van der Waals surface area contributed by atoms with Gasteiger partial charge in [-0.15, -0.1) is 0 Å². The zero-order chi connectivity index (χ0) is 13.8. The maximum atomic E-state index is 12.0. The van der Waals surface area contributed by atoms with E-state index in [4.69, 9.17) is 9.47 Å². The lowest BCUT2D eigenvalue weighted by atomic mass is 9.89. The van der Waals surface area contributed by atoms with E-state index >= 15 is 0 Å². The van der Waals surface area contributed by atoms with Gasteiger partial charge in [0, 0.05) is 18.2 Å². The summed E-state index contributed by atoms with van der Waals surface area (Å²) in [7, 11) is 1.47. The van der Waals surface area contributed by atoms with Crippen LogP contribution in [0.5, 0.6) is 11.5 Å². The number of methoxy groups -OCH3 is 1. The second kappa shape index (κ2) is 5.93. The Morgan fingerprint density at radius 2 is 2.21 bits per heavy atom. The lowest BCUT2D eigenvalue weighted by molar-refractivity contribution is -0.00863. The lowest BCUT2D eigenvalue weighted by Gasteiger charge is -2.35. The van der Waals surface area contributed by atoms with Gasteiger partial charge in [-0.05, 0) is 38.0 Å². The molecule has 1 aromatic carbocycles. The molecule has 1 fully saturated rings. The van der Waals surface area contributed by atoms with Crippen molar-refractivity contribution in [1.82, 2.24) is 5.32 Å². The Bertz CT molecular complexity index is 455. The van der Waals surface area contributed by atoms with Crippen molar-refractivity contribution in [3.63, 3.8) is 0 Å². The van der Waals surface area contributed by atoms with Crippen LogP contribution < -0.4 is 10.1 Å². The normalized spacial score (nSPS) is 21.6. The number of aromatic hydroxyl groups is 1. The molecule has 0 atom stereocenters. The van der Waals surface area contributed by atoms with Gasteiger partial charge >= 0.3 is 0 Å². The van der Waals surface area contributed by atoms with Crippen LogP contribution in [0.2, 0.25) is 0 Å². The van der Waals surface area contributed by atoms with E-state index in [1.807, 2.05) is 6.92 Å². The molecule has 0 heterocycles. The van der Waals surface area contributed by atoms with Gasteiger partial charge in [-0.25, -0.2) is 0 Å². The van der Waals surface area contributed by atoms with Crippen LogP contribution in [0, 0.1) is 0 Å². The Labute approximate surface area is 112 Å². The van der Waals surface area contributed by atoms with Crippen LogP contribution in [0.15, 0.2) is 18.2 Å². The van der Waals surface area contributed by atoms with E-state index < -0.39 is 0 Å². The third-order valence-corrected chi connectivity index (χ3v) is 3.27. The number of phenols is 1. The largest absolute Gasteiger partial charge is 0.504 e. The molecule has 0 radical (unpaired) electrons. The second-order valence-corrected chi connectivity index (χ2v) is 4.61. The minimum Gasteiger partial charge on any atom is -0.504 e. The topological polar surface area (TPSA) is 67.8 Å². The van der Waals surface area contributed by atoms with E-state index in [0.29, 0.717) is 17.9 Å². The van der Waals surface area contributed by atoms with E-state index in [-0.39, 0.29) is 23.8 Å². The summed E-state index contributed by atoms with van der Waals surface area (Å²) >= 11 is 0. The van der Waals surface area contributed by atoms with Gasteiger partial charge in [-0.2, -0.15) is 0 Å². The highest BCUT2D eigenvalue weighted by molar-refractivity contribution is 5.95. The fraction of sp³-hybridized carbons (Fsp3) is 0.500. The third-order valence-electron chi connectivity index (χ3n) is 3.27. The number of phenolic OH excluding ortho intramolecular Hbond substituents is 1. The van der Waals surface area contributed by atoms with Crippen molar-refractivity contribution in [1.29, 1.82) is 0 Å². The molecule has 1 aliphatic carbocycles. The van der Waals surface area contributed by atoms with E-state index in [9.17, 15) is 9.90 Å². The van der Waals surface area contributed by atoms with Crippen molar-refractivity contribution in [2.24, 2.45) is 0 Å². The second-order valence-electron chi connectivity index (χ2n) is 4.61. The predicted molar refractivity (Wildman–Crippen MR) is 70.6 cm³/mol. The molecular formula is C14H19NO4. The zero-order valence-electron chi connectivity index (χ0n) is 11.2. The number of hydrogen-bond donors (Lipinski definition) is 2. The summed E-state index contributed by atoms with van der Waals surface area (Å²) in [6.07, 6.45) is 1.96. The Morgan fingerprint density at radius 1 is 1.47 bits per heavy atom. The average Bonchev–Trinajstić information content (AvgIpc) is 2.36. The average molecular weight is 265 g/mol. The van der Waals surface area contributed by atoms with E-state index in [1.54, 1.807) is 12.1 Å². The van der Waals surface area contributed by atoms with Gasteiger partial charge in [0.25, 0.3) is 5.91 Å². The van der Waals surface area contributed by atoms with Crippen LogP contribution in [-0.4, -0.2) is 36.9 Å². The summed E-state index contributed by atoms with van der Waals surface area (Å²) in [6.45, 7) is 2.67. The monoisotopic (exact) mass is 265 g/mol. The highest BCUT2D eigenvalue weighted by Crippen LogP contribution is 2.27. The SMILES string of the molecule is CCOC1CC(NC(=O)c2ccc(OC)c(O)c2)C1. The summed E-state index contributed by atoms with van der Waals surface area (Å²) in [5.74, 6) is 0.144. The molecule has 2 rings (SSSR count). The molecule has 104 valence electrons. The minimum atomic E-state index is -0.182. The van der Waals surface area contributed by atoms with Gasteiger partial charge in [0.2, 0.25) is 0 Å². The highest BCUT2D eigenvalue weighted by Gasteiger charge is 2.30. The first-order chi connectivity index (χ1) is 9.13. The molecule has 0 unspecified atom stereocenters. The van der Waals surface area contributed by atoms with E-state index in [2.05, 4.69) is 5.32 Å². The molecule has 1 aromatic rings. The third kappa shape index (κ3) is 3.17. The van der Waals surface area contributed by atoms with Crippen molar-refractivity contribution < 1.29 is 19.4 Å². The van der Waals surface area contributed by atoms with Gasteiger partial charge < -0.3 is 19.9 Å². The molecule has 1 aliphatic rings. The summed E-state index contributed by atoms with van der Waals surface area (Å²) in [4.78, 5) is 12.0. The zero-order valence-corrected chi connectivity index (χ0v) is 11.2. The molecule has 1 amide bonds. The van der Waals surface area contributed by atoms with Crippen LogP contribution in [-0.2, 0) is 4.74 Å². The molecule has 0 bridgehead atoms. The Balaban J connectivity index is 1.89. The number of ether oxygens (including phenoxy) is 2. The van der Waals surface area contributed by atoms with Crippen molar-refractivity contribution in [2.45, 2.75) is 31.9 Å². The first kappa shape index (κ1) is 13.7. The molecule has 0 saturated heterocycles. The molecule has 5 heteroatoms. The summed E-state index contributed by atoms with van der Waals surface area (Å²) in [5.41, 5.74) is 0.429. The maximum Gasteiger partial charge on any atom is 0.251 e. The summed E-state index contributed by atoms with van der Waals surface area (Å²) in [5, 5.41) is 12.5. The first-order valence-electron chi connectivity index (χ1n) is 6.43. The molecule has 0 aliphatic heterocycles. The molecule has 5 nitrogen and oxygen atoms in total. The number of hydrogen-bond acceptors (Lipinski definition) is 4. The van der Waals surface area contributed by atoms with Crippen molar-refractivity contribution in [3.8, 4) is 11.5 Å². The van der Waals surface area contributed by atoms with E-state index in [1.165, 1.54) is 13.2 Å². The first-order valence-corrected chi connectivity index (χ1v) is 6.43. The number of benzene rings is 1.